The highest BCUT2D eigenvalue weighted by Crippen LogP contribution is 2.54. The van der Waals surface area contributed by atoms with Crippen LogP contribution in [0.15, 0.2) is 53.6 Å². The Kier molecular flexibility index (Phi) is 20.1. The average Bonchev–Trinajstić information content (AvgIpc) is 3.80. The Hall–Kier alpha value is -4.97. The van der Waals surface area contributed by atoms with Gasteiger partial charge in [-0.3, -0.25) is 19.2 Å². The van der Waals surface area contributed by atoms with Crippen LogP contribution < -0.4 is 26.6 Å². The molecular formula is C48H73N11O5S. The summed E-state index contributed by atoms with van der Waals surface area (Å²) in [6.45, 7) is 10.9. The number of hydrogen-bond donors (Lipinski definition) is 6. The minimum atomic E-state index is -1.05. The number of benzene rings is 2. The molecule has 356 valence electrons. The zero-order chi connectivity index (χ0) is 46.8. The number of fused-ring (bicyclic) bond motifs is 3. The number of aliphatic hydroxyl groups excluding tert-OH is 1. The van der Waals surface area contributed by atoms with E-state index in [2.05, 4.69) is 108 Å². The van der Waals surface area contributed by atoms with Crippen LogP contribution in [-0.4, -0.2) is 116 Å². The SMILES string of the molecule is CCC.CNc1ncc2c(n1)NC(=O)C21CC1.CNc1nn(C)c2cc(NC3CCN(C(C)c4cccc(S(=O)N5CCCCC5)c4)C3)ccc12.O=CCCNC=O.OC1CCCCC1. The summed E-state index contributed by atoms with van der Waals surface area (Å²) in [5, 5.41) is 29.5. The van der Waals surface area contributed by atoms with Crippen molar-refractivity contribution in [2.45, 2.75) is 133 Å². The van der Waals surface area contributed by atoms with Crippen LogP contribution in [0.3, 0.4) is 0 Å². The van der Waals surface area contributed by atoms with Gasteiger partial charge in [-0.15, -0.1) is 0 Å². The molecule has 3 aliphatic heterocycles. The topological polar surface area (TPSA) is 199 Å². The normalized spacial score (nSPS) is 19.5. The molecule has 2 aromatic heterocycles. The van der Waals surface area contributed by atoms with E-state index in [4.69, 9.17) is 5.11 Å². The summed E-state index contributed by atoms with van der Waals surface area (Å²) in [5.41, 5.74) is 4.19. The fraction of sp³-hybridized carbons (Fsp3) is 0.583. The second kappa shape index (κ2) is 25.7. The summed E-state index contributed by atoms with van der Waals surface area (Å²) in [7, 11) is 4.59. The van der Waals surface area contributed by atoms with Crippen molar-refractivity contribution in [3.8, 4) is 0 Å². The molecule has 16 nitrogen and oxygen atoms in total. The predicted molar refractivity (Wildman–Crippen MR) is 261 cm³/mol. The Bertz CT molecular complexity index is 2140. The minimum Gasteiger partial charge on any atom is -0.393 e. The summed E-state index contributed by atoms with van der Waals surface area (Å²) in [6.07, 6.45) is 17.2. The maximum Gasteiger partial charge on any atom is 0.236 e. The fourth-order valence-corrected chi connectivity index (χ4v) is 9.82. The van der Waals surface area contributed by atoms with E-state index in [9.17, 15) is 18.6 Å². The van der Waals surface area contributed by atoms with Crippen molar-refractivity contribution in [2.24, 2.45) is 7.05 Å². The number of aliphatic hydroxyl groups is 1. The van der Waals surface area contributed by atoms with Gasteiger partial charge >= 0.3 is 0 Å². The molecule has 0 bridgehead atoms. The Morgan fingerprint density at radius 2 is 1.69 bits per heavy atom. The van der Waals surface area contributed by atoms with Gasteiger partial charge in [0.25, 0.3) is 0 Å². The first-order chi connectivity index (χ1) is 31.5. The zero-order valence-corrected chi connectivity index (χ0v) is 40.2. The number of aryl methyl sites for hydroxylation is 1. The quantitative estimate of drug-likeness (QED) is 0.0635. The lowest BCUT2D eigenvalue weighted by Gasteiger charge is -2.27. The number of likely N-dealkylation sites (tertiary alicyclic amines) is 1. The lowest BCUT2D eigenvalue weighted by Crippen LogP contribution is -2.31. The van der Waals surface area contributed by atoms with Gasteiger partial charge in [-0.1, -0.05) is 58.1 Å². The third kappa shape index (κ3) is 14.0. The molecule has 6 N–H and O–H groups in total. The first-order valence-corrected chi connectivity index (χ1v) is 24.7. The number of piperidine rings is 1. The molecule has 17 heteroatoms. The Morgan fingerprint density at radius 1 is 0.969 bits per heavy atom. The van der Waals surface area contributed by atoms with Gasteiger partial charge in [-0.25, -0.2) is 13.5 Å². The summed E-state index contributed by atoms with van der Waals surface area (Å²) in [6, 6.07) is 15.6. The van der Waals surface area contributed by atoms with Crippen molar-refractivity contribution in [1.82, 2.24) is 34.3 Å². The van der Waals surface area contributed by atoms with Gasteiger partial charge in [-0.05, 0) is 87.8 Å². The van der Waals surface area contributed by atoms with E-state index in [0.717, 1.165) is 110 Å². The second-order valence-corrected chi connectivity index (χ2v) is 18.8. The molecule has 2 amide bonds. The Labute approximate surface area is 388 Å². The number of aldehydes is 1. The van der Waals surface area contributed by atoms with Crippen molar-refractivity contribution >= 4 is 63.8 Å². The van der Waals surface area contributed by atoms with Gasteiger partial charge < -0.3 is 36.5 Å². The molecule has 2 aliphatic carbocycles. The first-order valence-electron chi connectivity index (χ1n) is 23.6. The third-order valence-corrected chi connectivity index (χ3v) is 13.8. The van der Waals surface area contributed by atoms with Crippen molar-refractivity contribution in [2.75, 3.05) is 68.1 Å². The highest BCUT2D eigenvalue weighted by Gasteiger charge is 2.57. The molecule has 5 heterocycles. The van der Waals surface area contributed by atoms with Crippen molar-refractivity contribution in [3.05, 3.63) is 59.8 Å². The zero-order valence-electron chi connectivity index (χ0n) is 39.4. The monoisotopic (exact) mass is 916 g/mol. The van der Waals surface area contributed by atoms with E-state index in [1.54, 1.807) is 13.2 Å². The number of aromatic nitrogens is 4. The van der Waals surface area contributed by atoms with Gasteiger partial charge in [0.1, 0.15) is 23.1 Å². The lowest BCUT2D eigenvalue weighted by molar-refractivity contribution is -0.118. The van der Waals surface area contributed by atoms with Crippen molar-refractivity contribution < 1.29 is 23.7 Å². The average molecular weight is 916 g/mol. The van der Waals surface area contributed by atoms with Crippen molar-refractivity contribution in [1.29, 1.82) is 0 Å². The van der Waals surface area contributed by atoms with Crippen LogP contribution in [-0.2, 0) is 37.8 Å². The molecule has 0 radical (unpaired) electrons. The maximum atomic E-state index is 13.1. The number of amides is 2. The van der Waals surface area contributed by atoms with Gasteiger partial charge in [0, 0.05) is 95.2 Å². The predicted octanol–water partition coefficient (Wildman–Crippen LogP) is 6.92. The smallest absolute Gasteiger partial charge is 0.236 e. The number of carbonyl (C=O) groups excluding carboxylic acids is 3. The highest BCUT2D eigenvalue weighted by molar-refractivity contribution is 7.82. The summed E-state index contributed by atoms with van der Waals surface area (Å²) in [4.78, 5) is 42.4. The molecule has 1 spiro atoms. The summed E-state index contributed by atoms with van der Waals surface area (Å²) >= 11 is 0. The Morgan fingerprint density at radius 3 is 2.32 bits per heavy atom. The van der Waals surface area contributed by atoms with Gasteiger partial charge in [0.2, 0.25) is 18.3 Å². The van der Waals surface area contributed by atoms with Gasteiger partial charge in [0.05, 0.1) is 21.9 Å². The third-order valence-electron chi connectivity index (χ3n) is 12.3. The van der Waals surface area contributed by atoms with E-state index in [0.29, 0.717) is 43.2 Å². The van der Waals surface area contributed by atoms with E-state index in [1.807, 2.05) is 24.8 Å². The van der Waals surface area contributed by atoms with Crippen LogP contribution in [0.5, 0.6) is 0 Å². The number of anilines is 4. The number of hydrogen-bond acceptors (Lipinski definition) is 12. The molecule has 5 aliphatic rings. The van der Waals surface area contributed by atoms with E-state index < -0.39 is 11.0 Å². The molecule has 65 heavy (non-hydrogen) atoms. The Balaban J connectivity index is 0.000000207. The van der Waals surface area contributed by atoms with Crippen LogP contribution in [0, 0.1) is 0 Å². The molecule has 4 fully saturated rings. The molecule has 4 aromatic rings. The largest absolute Gasteiger partial charge is 0.393 e. The molecule has 2 saturated heterocycles. The number of carbonyl (C=O) groups is 3. The van der Waals surface area contributed by atoms with Gasteiger partial charge in [-0.2, -0.15) is 10.1 Å². The molecule has 2 aromatic carbocycles. The van der Waals surface area contributed by atoms with Crippen LogP contribution in [0.1, 0.15) is 121 Å². The number of nitrogens with one attached hydrogen (secondary N) is 5. The van der Waals surface area contributed by atoms with Gasteiger partial charge in [0.15, 0.2) is 5.82 Å². The second-order valence-electron chi connectivity index (χ2n) is 17.3. The molecular weight excluding hydrogens is 843 g/mol. The molecule has 3 unspecified atom stereocenters. The fourth-order valence-electron chi connectivity index (χ4n) is 8.50. The van der Waals surface area contributed by atoms with E-state index >= 15 is 0 Å². The first kappa shape index (κ1) is 51.0. The van der Waals surface area contributed by atoms with Crippen LogP contribution in [0.2, 0.25) is 0 Å². The highest BCUT2D eigenvalue weighted by atomic mass is 32.2. The summed E-state index contributed by atoms with van der Waals surface area (Å²) < 4.78 is 17.1. The number of rotatable bonds is 12. The maximum absolute atomic E-state index is 13.1. The summed E-state index contributed by atoms with van der Waals surface area (Å²) in [5.74, 6) is 2.21. The van der Waals surface area contributed by atoms with Crippen LogP contribution in [0.4, 0.5) is 23.3 Å². The molecule has 2 saturated carbocycles. The number of nitrogens with zero attached hydrogens (tertiary/aromatic N) is 6. The van der Waals surface area contributed by atoms with Crippen molar-refractivity contribution in [3.63, 3.8) is 0 Å². The molecule has 3 atom stereocenters. The van der Waals surface area contributed by atoms with E-state index in [1.165, 1.54) is 37.7 Å². The standard InChI is InChI=1S/C26H36N6OS.C9H10N4O.C6H12O.C4H7NO2.C3H8/c1-19(20-8-7-9-23(16-20)34(33)32-13-5-4-6-14-32)31-15-12-22(18-31)28-21-10-11-24-25(17-21)30(3)29-26(24)27-2;1-10-8-11-4-5-6(13-8)12-7(14)9(5)2-3-9;7-6-4-2-1-3-5-6;6-3-1-2-5-4-7;1-3-2/h7-11,16-17,19,22,28H,4-6,12-15,18H2,1-3H3,(H,27,29);4H,2-3H2,1H3,(H2,10,11,12,13,14);6-7H,1-5H2;3-4H,1-2H2,(H,5,7);3H2,1-2H3. The lowest BCUT2D eigenvalue weighted by atomic mass is 9.98. The van der Waals surface area contributed by atoms with Crippen LogP contribution >= 0.6 is 0 Å². The van der Waals surface area contributed by atoms with E-state index in [-0.39, 0.29) is 17.4 Å². The minimum absolute atomic E-state index is 0.0359. The van der Waals surface area contributed by atoms with Crippen LogP contribution in [0.25, 0.3) is 10.9 Å². The molecule has 9 rings (SSSR count).